The van der Waals surface area contributed by atoms with Gasteiger partial charge in [-0.2, -0.15) is 0 Å². The fraction of sp³-hybridized carbons (Fsp3) is 0.154. The molecule has 0 radical (unpaired) electrons. The van der Waals surface area contributed by atoms with Crippen LogP contribution in [0.5, 0.6) is 0 Å². The van der Waals surface area contributed by atoms with E-state index in [1.54, 1.807) is 18.3 Å². The molecule has 2 rings (SSSR count). The first-order valence-corrected chi connectivity index (χ1v) is 6.03. The number of hydrogen-bond acceptors (Lipinski definition) is 4. The Morgan fingerprint density at radius 2 is 2.26 bits per heavy atom. The molecule has 0 amide bonds. The Hall–Kier alpha value is -2.01. The van der Waals surface area contributed by atoms with Gasteiger partial charge >= 0.3 is 0 Å². The molecule has 0 aromatic carbocycles. The molecule has 2 aromatic heterocycles. The van der Waals surface area contributed by atoms with Crippen molar-refractivity contribution in [2.45, 2.75) is 0 Å². The first-order chi connectivity index (χ1) is 9.24. The summed E-state index contributed by atoms with van der Waals surface area (Å²) >= 11 is 5.84. The van der Waals surface area contributed by atoms with Crippen LogP contribution in [0.2, 0.25) is 5.15 Å². The highest BCUT2D eigenvalue weighted by Gasteiger charge is 2.03. The van der Waals surface area contributed by atoms with E-state index in [1.807, 2.05) is 6.07 Å². The minimum absolute atomic E-state index is 0.114. The minimum Gasteiger partial charge on any atom is -0.404 e. The maximum Gasteiger partial charge on any atom is 0.129 e. The Balaban J connectivity index is 2.38. The Morgan fingerprint density at radius 3 is 3.00 bits per heavy atom. The summed E-state index contributed by atoms with van der Waals surface area (Å²) in [4.78, 5) is 12.4. The van der Waals surface area contributed by atoms with Crippen molar-refractivity contribution in [1.29, 1.82) is 0 Å². The first-order valence-electron chi connectivity index (χ1n) is 5.65. The summed E-state index contributed by atoms with van der Waals surface area (Å²) in [5, 5.41) is 0.399. The molecule has 0 aliphatic heterocycles. The van der Waals surface area contributed by atoms with E-state index in [0.29, 0.717) is 16.2 Å². The molecule has 0 aliphatic carbocycles. The lowest BCUT2D eigenvalue weighted by Gasteiger charge is -2.03. The minimum atomic E-state index is -0.499. The van der Waals surface area contributed by atoms with Gasteiger partial charge in [0.1, 0.15) is 11.8 Å². The van der Waals surface area contributed by atoms with Crippen LogP contribution >= 0.6 is 11.6 Å². The molecule has 0 aliphatic rings. The molecule has 0 fully saturated rings. The number of halogens is 2. The summed E-state index contributed by atoms with van der Waals surface area (Å²) in [7, 11) is 0. The zero-order valence-electron chi connectivity index (χ0n) is 10.1. The second-order valence-corrected chi connectivity index (χ2v) is 4.13. The smallest absolute Gasteiger partial charge is 0.129 e. The van der Waals surface area contributed by atoms with E-state index in [1.165, 1.54) is 12.4 Å². The average molecular weight is 279 g/mol. The number of hydrogen-bond donors (Lipinski definition) is 1. The van der Waals surface area contributed by atoms with Crippen LogP contribution in [0.4, 0.5) is 4.39 Å². The van der Waals surface area contributed by atoms with Gasteiger partial charge in [-0.3, -0.25) is 9.98 Å². The van der Waals surface area contributed by atoms with E-state index in [9.17, 15) is 4.39 Å². The Labute approximate surface area is 114 Å². The van der Waals surface area contributed by atoms with Gasteiger partial charge in [0.15, 0.2) is 0 Å². The van der Waals surface area contributed by atoms with E-state index in [2.05, 4.69) is 15.0 Å². The van der Waals surface area contributed by atoms with Gasteiger partial charge in [0.25, 0.3) is 0 Å². The molecule has 6 heteroatoms. The summed E-state index contributed by atoms with van der Waals surface area (Å²) in [5.74, 6) is 0. The molecule has 0 atom stereocenters. The number of rotatable bonds is 4. The van der Waals surface area contributed by atoms with E-state index >= 15 is 0 Å². The Kier molecular flexibility index (Phi) is 4.41. The zero-order chi connectivity index (χ0) is 13.7. The lowest BCUT2D eigenvalue weighted by Crippen LogP contribution is -1.95. The zero-order valence-corrected chi connectivity index (χ0v) is 10.8. The van der Waals surface area contributed by atoms with Crippen LogP contribution in [0, 0.1) is 0 Å². The fourth-order valence-corrected chi connectivity index (χ4v) is 1.72. The first kappa shape index (κ1) is 13.4. The molecule has 0 saturated carbocycles. The normalized spacial score (nSPS) is 12.4. The third-order valence-corrected chi connectivity index (χ3v) is 2.67. The van der Waals surface area contributed by atoms with Crippen LogP contribution in [0.15, 0.2) is 35.6 Å². The number of aliphatic imine (C=N–C) groups is 1. The fourth-order valence-electron chi connectivity index (χ4n) is 1.57. The maximum absolute atomic E-state index is 12.0. The number of alkyl halides is 1. The number of nitrogens with two attached hydrogens (primary N) is 1. The van der Waals surface area contributed by atoms with Crippen LogP contribution in [0.1, 0.15) is 5.56 Å². The van der Waals surface area contributed by atoms with E-state index in [4.69, 9.17) is 17.3 Å². The van der Waals surface area contributed by atoms with Crippen LogP contribution < -0.4 is 5.73 Å². The van der Waals surface area contributed by atoms with Gasteiger partial charge in [-0.05, 0) is 18.2 Å². The number of pyridine rings is 2. The molecule has 0 bridgehead atoms. The molecule has 0 saturated heterocycles. The van der Waals surface area contributed by atoms with Crippen molar-refractivity contribution >= 4 is 34.4 Å². The van der Waals surface area contributed by atoms with E-state index in [0.717, 1.165) is 11.1 Å². The molecule has 2 aromatic rings. The van der Waals surface area contributed by atoms with Crippen molar-refractivity contribution in [2.24, 2.45) is 10.7 Å². The molecule has 0 spiro atoms. The van der Waals surface area contributed by atoms with E-state index < -0.39 is 6.67 Å². The van der Waals surface area contributed by atoms with Crippen LogP contribution in [-0.2, 0) is 0 Å². The highest BCUT2D eigenvalue weighted by Crippen LogP contribution is 2.18. The number of fused-ring (bicyclic) bond motifs is 1. The molecule has 98 valence electrons. The van der Waals surface area contributed by atoms with Crippen molar-refractivity contribution in [2.75, 3.05) is 13.2 Å². The van der Waals surface area contributed by atoms with Gasteiger partial charge in [-0.25, -0.2) is 9.37 Å². The highest BCUT2D eigenvalue weighted by atomic mass is 35.5. The quantitative estimate of drug-likeness (QED) is 0.691. The molecule has 2 heterocycles. The lowest BCUT2D eigenvalue weighted by molar-refractivity contribution is 0.505. The molecule has 4 nitrogen and oxygen atoms in total. The summed E-state index contributed by atoms with van der Waals surface area (Å²) in [6.45, 7) is -0.385. The molecular formula is C13H12ClFN4. The SMILES string of the molecule is NC=C(C=NCCF)c1cnc2ccc(Cl)nc2c1. The van der Waals surface area contributed by atoms with Gasteiger partial charge in [-0.1, -0.05) is 11.6 Å². The molecule has 19 heavy (non-hydrogen) atoms. The Bertz CT molecular complexity index is 640. The average Bonchev–Trinajstić information content (AvgIpc) is 2.43. The van der Waals surface area contributed by atoms with Gasteiger partial charge in [-0.15, -0.1) is 0 Å². The van der Waals surface area contributed by atoms with Crippen molar-refractivity contribution in [3.63, 3.8) is 0 Å². The van der Waals surface area contributed by atoms with E-state index in [-0.39, 0.29) is 6.54 Å². The van der Waals surface area contributed by atoms with Crippen molar-refractivity contribution in [3.8, 4) is 0 Å². The number of aromatic nitrogens is 2. The van der Waals surface area contributed by atoms with Crippen molar-refractivity contribution in [1.82, 2.24) is 9.97 Å². The second kappa shape index (κ2) is 6.24. The summed E-state index contributed by atoms with van der Waals surface area (Å²) in [6, 6.07) is 5.28. The summed E-state index contributed by atoms with van der Waals surface area (Å²) in [5.41, 5.74) is 8.36. The maximum atomic E-state index is 12.0. The monoisotopic (exact) mass is 278 g/mol. The standard InChI is InChI=1S/C13H12ClFN4/c14-13-2-1-11-12(19-13)5-9(8-18-11)10(6-16)7-17-4-3-15/h1-2,5-8H,3-4,16H2. The number of nitrogens with zero attached hydrogens (tertiary/aromatic N) is 3. The lowest BCUT2D eigenvalue weighted by atomic mass is 10.1. The third-order valence-electron chi connectivity index (χ3n) is 2.46. The van der Waals surface area contributed by atoms with Gasteiger partial charge in [0.2, 0.25) is 0 Å². The predicted octanol–water partition coefficient (Wildman–Crippen LogP) is 2.62. The molecule has 2 N–H and O–H groups in total. The third kappa shape index (κ3) is 3.26. The van der Waals surface area contributed by atoms with Gasteiger partial charge < -0.3 is 5.73 Å². The van der Waals surface area contributed by atoms with Crippen molar-refractivity contribution < 1.29 is 4.39 Å². The second-order valence-electron chi connectivity index (χ2n) is 3.74. The van der Waals surface area contributed by atoms with Crippen molar-refractivity contribution in [3.05, 3.63) is 41.3 Å². The summed E-state index contributed by atoms with van der Waals surface area (Å²) < 4.78 is 12.0. The van der Waals surface area contributed by atoms with Crippen LogP contribution in [0.3, 0.4) is 0 Å². The molecule has 0 unspecified atom stereocenters. The van der Waals surface area contributed by atoms with Gasteiger partial charge in [0.05, 0.1) is 17.6 Å². The summed E-state index contributed by atoms with van der Waals surface area (Å²) in [6.07, 6.45) is 4.58. The largest absolute Gasteiger partial charge is 0.404 e. The van der Waals surface area contributed by atoms with Crippen LogP contribution in [-0.4, -0.2) is 29.4 Å². The highest BCUT2D eigenvalue weighted by molar-refractivity contribution is 6.29. The van der Waals surface area contributed by atoms with Gasteiger partial charge in [0, 0.05) is 29.7 Å². The Morgan fingerprint density at radius 1 is 1.42 bits per heavy atom. The molecular weight excluding hydrogens is 267 g/mol. The predicted molar refractivity (Wildman–Crippen MR) is 76.0 cm³/mol. The van der Waals surface area contributed by atoms with Crippen LogP contribution in [0.25, 0.3) is 16.6 Å². The topological polar surface area (TPSA) is 64.2 Å². The number of allylic oxidation sites excluding steroid dienone is 1.